The molecule has 126 valence electrons. The second-order valence-corrected chi connectivity index (χ2v) is 5.12. The van der Waals surface area contributed by atoms with Gasteiger partial charge in [-0.15, -0.1) is 0 Å². The molecule has 0 spiro atoms. The molecule has 0 aliphatic carbocycles. The van der Waals surface area contributed by atoms with Crippen molar-refractivity contribution in [1.82, 2.24) is 20.5 Å². The second kappa shape index (κ2) is 7.35. The molecule has 2 aromatic carbocycles. The Morgan fingerprint density at radius 2 is 1.84 bits per heavy atom. The third-order valence-electron chi connectivity index (χ3n) is 3.39. The maximum absolute atomic E-state index is 13.5. The fraction of sp³-hybridized carbons (Fsp3) is 0.0588. The van der Waals surface area contributed by atoms with Crippen molar-refractivity contribution in [1.29, 1.82) is 0 Å². The standard InChI is InChI=1S/C17H14FN5O2/c18-14-4-2-1-3-13(14)17(25)19-9-15(24)22-12-7-5-11(6-8-12)16-20-10-21-23-16/h1-8,10H,9H2,(H,19,25)(H,22,24)(H,20,21,23). The molecule has 0 aliphatic rings. The molecular weight excluding hydrogens is 325 g/mol. The van der Waals surface area contributed by atoms with E-state index in [0.717, 1.165) is 5.56 Å². The fourth-order valence-corrected chi connectivity index (χ4v) is 2.16. The summed E-state index contributed by atoms with van der Waals surface area (Å²) in [6.07, 6.45) is 1.41. The van der Waals surface area contributed by atoms with Gasteiger partial charge >= 0.3 is 0 Å². The molecule has 1 heterocycles. The summed E-state index contributed by atoms with van der Waals surface area (Å²) in [6.45, 7) is -0.267. The summed E-state index contributed by atoms with van der Waals surface area (Å²) in [7, 11) is 0. The zero-order valence-corrected chi connectivity index (χ0v) is 13.0. The highest BCUT2D eigenvalue weighted by molar-refractivity contribution is 5.99. The average Bonchev–Trinajstić information content (AvgIpc) is 3.15. The molecule has 0 saturated heterocycles. The number of aromatic nitrogens is 3. The highest BCUT2D eigenvalue weighted by Gasteiger charge is 2.12. The number of carbonyl (C=O) groups excluding carboxylic acids is 2. The molecule has 7 nitrogen and oxygen atoms in total. The third kappa shape index (κ3) is 4.05. The molecule has 0 aliphatic heterocycles. The first-order chi connectivity index (χ1) is 12.1. The first kappa shape index (κ1) is 16.3. The maximum atomic E-state index is 13.5. The van der Waals surface area contributed by atoms with Gasteiger partial charge in [0.25, 0.3) is 5.91 Å². The Morgan fingerprint density at radius 3 is 2.52 bits per heavy atom. The molecule has 0 unspecified atom stereocenters. The third-order valence-corrected chi connectivity index (χ3v) is 3.39. The number of nitrogens with one attached hydrogen (secondary N) is 3. The molecule has 0 radical (unpaired) electrons. The van der Waals surface area contributed by atoms with Crippen LogP contribution < -0.4 is 10.6 Å². The Bertz CT molecular complexity index is 878. The minimum absolute atomic E-state index is 0.105. The molecule has 0 bridgehead atoms. The van der Waals surface area contributed by atoms with E-state index in [9.17, 15) is 14.0 Å². The van der Waals surface area contributed by atoms with Crippen LogP contribution in [-0.2, 0) is 4.79 Å². The van der Waals surface area contributed by atoms with Crippen LogP contribution in [0.25, 0.3) is 11.4 Å². The van der Waals surface area contributed by atoms with E-state index in [1.54, 1.807) is 30.3 Å². The number of hydrogen-bond acceptors (Lipinski definition) is 4. The van der Waals surface area contributed by atoms with E-state index < -0.39 is 17.6 Å². The first-order valence-electron chi connectivity index (χ1n) is 7.42. The predicted molar refractivity (Wildman–Crippen MR) is 89.2 cm³/mol. The number of anilines is 1. The van der Waals surface area contributed by atoms with E-state index in [2.05, 4.69) is 25.8 Å². The van der Waals surface area contributed by atoms with Crippen molar-refractivity contribution in [2.75, 3.05) is 11.9 Å². The van der Waals surface area contributed by atoms with Crippen LogP contribution in [0.5, 0.6) is 0 Å². The Balaban J connectivity index is 1.54. The lowest BCUT2D eigenvalue weighted by Crippen LogP contribution is -2.33. The van der Waals surface area contributed by atoms with Gasteiger partial charge in [0.15, 0.2) is 5.82 Å². The maximum Gasteiger partial charge on any atom is 0.254 e. The van der Waals surface area contributed by atoms with Crippen LogP contribution in [0.2, 0.25) is 0 Å². The van der Waals surface area contributed by atoms with Gasteiger partial charge in [-0.25, -0.2) is 9.37 Å². The van der Waals surface area contributed by atoms with Crippen molar-refractivity contribution in [3.63, 3.8) is 0 Å². The Morgan fingerprint density at radius 1 is 1.08 bits per heavy atom. The summed E-state index contributed by atoms with van der Waals surface area (Å²) >= 11 is 0. The number of amides is 2. The zero-order valence-electron chi connectivity index (χ0n) is 13.0. The monoisotopic (exact) mass is 339 g/mol. The van der Waals surface area contributed by atoms with E-state index in [4.69, 9.17) is 0 Å². The van der Waals surface area contributed by atoms with Gasteiger partial charge in [0.1, 0.15) is 12.1 Å². The number of hydrogen-bond donors (Lipinski definition) is 3. The predicted octanol–water partition coefficient (Wildman–Crippen LogP) is 1.98. The zero-order chi connectivity index (χ0) is 17.6. The lowest BCUT2D eigenvalue weighted by Gasteiger charge is -2.08. The molecule has 0 fully saturated rings. The van der Waals surface area contributed by atoms with Gasteiger partial charge in [-0.05, 0) is 36.4 Å². The van der Waals surface area contributed by atoms with E-state index in [0.29, 0.717) is 11.5 Å². The van der Waals surface area contributed by atoms with Crippen molar-refractivity contribution >= 4 is 17.5 Å². The lowest BCUT2D eigenvalue weighted by atomic mass is 10.2. The molecule has 3 rings (SSSR count). The van der Waals surface area contributed by atoms with Crippen LogP contribution in [0.15, 0.2) is 54.9 Å². The van der Waals surface area contributed by atoms with E-state index in [1.807, 2.05) is 0 Å². The summed E-state index contributed by atoms with van der Waals surface area (Å²) in [6, 6.07) is 12.5. The van der Waals surface area contributed by atoms with Crippen LogP contribution in [0, 0.1) is 5.82 Å². The van der Waals surface area contributed by atoms with Gasteiger partial charge in [0, 0.05) is 11.3 Å². The van der Waals surface area contributed by atoms with Crippen LogP contribution in [0.4, 0.5) is 10.1 Å². The summed E-state index contributed by atoms with van der Waals surface area (Å²) < 4.78 is 13.5. The Kier molecular flexibility index (Phi) is 4.79. The highest BCUT2D eigenvalue weighted by atomic mass is 19.1. The fourth-order valence-electron chi connectivity index (χ4n) is 2.16. The molecule has 0 saturated carbocycles. The molecule has 25 heavy (non-hydrogen) atoms. The minimum Gasteiger partial charge on any atom is -0.343 e. The number of carbonyl (C=O) groups is 2. The van der Waals surface area contributed by atoms with Crippen molar-refractivity contribution in [3.8, 4) is 11.4 Å². The van der Waals surface area contributed by atoms with Crippen LogP contribution in [0.3, 0.4) is 0 Å². The summed E-state index contributed by atoms with van der Waals surface area (Å²) in [4.78, 5) is 27.8. The first-order valence-corrected chi connectivity index (χ1v) is 7.42. The SMILES string of the molecule is O=C(CNC(=O)c1ccccc1F)Nc1ccc(-c2ncn[nH]2)cc1. The highest BCUT2D eigenvalue weighted by Crippen LogP contribution is 2.17. The summed E-state index contributed by atoms with van der Waals surface area (Å²) in [5.74, 6) is -1.08. The molecule has 2 amide bonds. The molecular formula is C17H14FN5O2. The van der Waals surface area contributed by atoms with Gasteiger partial charge in [0.2, 0.25) is 5.91 Å². The number of aromatic amines is 1. The van der Waals surface area contributed by atoms with Crippen molar-refractivity contribution in [3.05, 3.63) is 66.2 Å². The molecule has 1 aromatic heterocycles. The number of benzene rings is 2. The van der Waals surface area contributed by atoms with Gasteiger partial charge in [0.05, 0.1) is 12.1 Å². The quantitative estimate of drug-likeness (QED) is 0.662. The van der Waals surface area contributed by atoms with Gasteiger partial charge < -0.3 is 10.6 Å². The van der Waals surface area contributed by atoms with E-state index >= 15 is 0 Å². The molecule has 8 heteroatoms. The topological polar surface area (TPSA) is 99.8 Å². The molecule has 0 atom stereocenters. The largest absolute Gasteiger partial charge is 0.343 e. The van der Waals surface area contributed by atoms with E-state index in [-0.39, 0.29) is 12.1 Å². The number of H-pyrrole nitrogens is 1. The summed E-state index contributed by atoms with van der Waals surface area (Å²) in [5, 5.41) is 11.5. The van der Waals surface area contributed by atoms with Crippen molar-refractivity contribution in [2.45, 2.75) is 0 Å². The Hall–Kier alpha value is -3.55. The van der Waals surface area contributed by atoms with Gasteiger partial charge in [-0.3, -0.25) is 14.7 Å². The van der Waals surface area contributed by atoms with Gasteiger partial charge in [-0.2, -0.15) is 5.10 Å². The lowest BCUT2D eigenvalue weighted by molar-refractivity contribution is -0.115. The van der Waals surface area contributed by atoms with Crippen LogP contribution >= 0.6 is 0 Å². The van der Waals surface area contributed by atoms with Gasteiger partial charge in [-0.1, -0.05) is 12.1 Å². The van der Waals surface area contributed by atoms with Crippen molar-refractivity contribution < 1.29 is 14.0 Å². The molecule has 3 N–H and O–H groups in total. The number of rotatable bonds is 5. The van der Waals surface area contributed by atoms with Crippen molar-refractivity contribution in [2.24, 2.45) is 0 Å². The smallest absolute Gasteiger partial charge is 0.254 e. The van der Waals surface area contributed by atoms with Crippen LogP contribution in [0.1, 0.15) is 10.4 Å². The van der Waals surface area contributed by atoms with Crippen LogP contribution in [-0.4, -0.2) is 33.5 Å². The molecule has 3 aromatic rings. The second-order valence-electron chi connectivity index (χ2n) is 5.12. The number of halogens is 1. The average molecular weight is 339 g/mol. The minimum atomic E-state index is -0.645. The summed E-state index contributed by atoms with van der Waals surface area (Å²) in [5.41, 5.74) is 1.28. The normalized spacial score (nSPS) is 10.3. The number of nitrogens with zero attached hydrogens (tertiary/aromatic N) is 2. The van der Waals surface area contributed by atoms with E-state index in [1.165, 1.54) is 24.5 Å². The Labute approximate surface area is 142 Å².